The summed E-state index contributed by atoms with van der Waals surface area (Å²) in [6, 6.07) is 10.8. The van der Waals surface area contributed by atoms with Gasteiger partial charge in [-0.15, -0.1) is 5.10 Å². The van der Waals surface area contributed by atoms with Crippen LogP contribution in [0.3, 0.4) is 0 Å². The molecule has 0 aliphatic rings. The molecule has 0 unspecified atom stereocenters. The molecule has 0 saturated carbocycles. The van der Waals surface area contributed by atoms with Crippen molar-refractivity contribution in [3.8, 4) is 11.8 Å². The van der Waals surface area contributed by atoms with E-state index in [1.54, 1.807) is 6.07 Å². The Balaban J connectivity index is 1.76. The van der Waals surface area contributed by atoms with Crippen LogP contribution in [0.5, 0.6) is 0 Å². The molecule has 2 aromatic carbocycles. The Bertz CT molecular complexity index is 1450. The lowest BCUT2D eigenvalue weighted by Crippen LogP contribution is -2.33. The number of halogens is 2. The van der Waals surface area contributed by atoms with Crippen molar-refractivity contribution in [1.82, 2.24) is 19.7 Å². The van der Waals surface area contributed by atoms with Crippen LogP contribution in [-0.2, 0) is 6.42 Å². The van der Waals surface area contributed by atoms with Gasteiger partial charge in [0.05, 0.1) is 5.69 Å². The van der Waals surface area contributed by atoms with Gasteiger partial charge in [-0.3, -0.25) is 9.78 Å². The minimum absolute atomic E-state index is 0.249. The van der Waals surface area contributed by atoms with Crippen molar-refractivity contribution in [1.29, 1.82) is 5.26 Å². The Morgan fingerprint density at radius 2 is 1.80 bits per heavy atom. The van der Waals surface area contributed by atoms with Crippen molar-refractivity contribution in [3.63, 3.8) is 0 Å². The number of rotatable bonds is 3. The number of aryl methyl sites for hydroxylation is 2. The van der Waals surface area contributed by atoms with Gasteiger partial charge in [-0.1, -0.05) is 29.3 Å². The number of H-pyrrole nitrogens is 2. The first-order valence-electron chi connectivity index (χ1n) is 8.98. The Kier molecular flexibility index (Phi) is 4.98. The number of nitrogens with zero attached hydrogens (tertiary/aromatic N) is 3. The summed E-state index contributed by atoms with van der Waals surface area (Å²) >= 11 is 12.9. The van der Waals surface area contributed by atoms with Gasteiger partial charge in [-0.25, -0.2) is 4.79 Å². The molecule has 4 aromatic rings. The lowest BCUT2D eigenvalue weighted by Gasteiger charge is -2.11. The molecule has 150 valence electrons. The van der Waals surface area contributed by atoms with Crippen LogP contribution in [0.4, 0.5) is 0 Å². The van der Waals surface area contributed by atoms with Crippen LogP contribution in [-0.4, -0.2) is 19.7 Å². The molecule has 0 radical (unpaired) electrons. The second kappa shape index (κ2) is 7.48. The van der Waals surface area contributed by atoms with Gasteiger partial charge < -0.3 is 4.98 Å². The van der Waals surface area contributed by atoms with Crippen LogP contribution >= 0.6 is 23.2 Å². The lowest BCUT2D eigenvalue weighted by atomic mass is 10.0. The molecule has 0 amide bonds. The van der Waals surface area contributed by atoms with Crippen LogP contribution in [0.15, 0.2) is 39.9 Å². The highest BCUT2D eigenvalue weighted by molar-refractivity contribution is 6.36. The number of hydrogen-bond donors (Lipinski definition) is 2. The maximum Gasteiger partial charge on any atom is 0.349 e. The zero-order valence-electron chi connectivity index (χ0n) is 16.0. The molecule has 0 saturated heterocycles. The average Bonchev–Trinajstić information content (AvgIpc) is 2.98. The summed E-state index contributed by atoms with van der Waals surface area (Å²) in [5.41, 5.74) is 3.29. The molecule has 0 bridgehead atoms. The van der Waals surface area contributed by atoms with Gasteiger partial charge in [0.1, 0.15) is 6.07 Å². The normalized spacial score (nSPS) is 11.0. The van der Waals surface area contributed by atoms with Crippen LogP contribution < -0.4 is 11.2 Å². The molecule has 0 aliphatic heterocycles. The number of nitriles is 1. The summed E-state index contributed by atoms with van der Waals surface area (Å²) in [7, 11) is 0. The van der Waals surface area contributed by atoms with Crippen LogP contribution in [0.2, 0.25) is 10.0 Å². The molecule has 0 fully saturated rings. The number of aromatic nitrogens is 4. The van der Waals surface area contributed by atoms with Gasteiger partial charge >= 0.3 is 5.69 Å². The maximum absolute atomic E-state index is 12.1. The van der Waals surface area contributed by atoms with Crippen molar-refractivity contribution in [2.24, 2.45) is 0 Å². The molecule has 2 heterocycles. The topological polar surface area (TPSA) is 107 Å². The number of benzene rings is 2. The van der Waals surface area contributed by atoms with E-state index in [0.29, 0.717) is 22.0 Å². The van der Waals surface area contributed by atoms with E-state index in [1.165, 1.54) is 17.7 Å². The van der Waals surface area contributed by atoms with Crippen LogP contribution in [0.25, 0.3) is 16.6 Å². The summed E-state index contributed by atoms with van der Waals surface area (Å²) in [4.78, 5) is 29.1. The van der Waals surface area contributed by atoms with Crippen LogP contribution in [0.1, 0.15) is 28.1 Å². The molecule has 30 heavy (non-hydrogen) atoms. The molecule has 7 nitrogen and oxygen atoms in total. The molecule has 4 rings (SSSR count). The lowest BCUT2D eigenvalue weighted by molar-refractivity contribution is 0.740. The van der Waals surface area contributed by atoms with E-state index in [4.69, 9.17) is 28.5 Å². The first-order valence-corrected chi connectivity index (χ1v) is 9.74. The van der Waals surface area contributed by atoms with Gasteiger partial charge in [-0.05, 0) is 54.8 Å². The summed E-state index contributed by atoms with van der Waals surface area (Å²) in [5.74, 6) is 0. The zero-order valence-corrected chi connectivity index (χ0v) is 17.5. The third-order valence-electron chi connectivity index (χ3n) is 5.06. The number of aromatic amines is 2. The van der Waals surface area contributed by atoms with Gasteiger partial charge in [0, 0.05) is 33.1 Å². The van der Waals surface area contributed by atoms with E-state index in [2.05, 4.69) is 28.1 Å². The van der Waals surface area contributed by atoms with E-state index < -0.39 is 16.9 Å². The predicted molar refractivity (Wildman–Crippen MR) is 116 cm³/mol. The fourth-order valence-electron chi connectivity index (χ4n) is 3.35. The van der Waals surface area contributed by atoms with E-state index in [-0.39, 0.29) is 5.69 Å². The Morgan fingerprint density at radius 1 is 1.10 bits per heavy atom. The number of fused-ring (bicyclic) bond motifs is 1. The summed E-state index contributed by atoms with van der Waals surface area (Å²) in [6.45, 7) is 4.10. The van der Waals surface area contributed by atoms with Crippen molar-refractivity contribution in [2.75, 3.05) is 0 Å². The summed E-state index contributed by atoms with van der Waals surface area (Å²) < 4.78 is 0.888. The van der Waals surface area contributed by atoms with Crippen molar-refractivity contribution in [2.45, 2.75) is 20.3 Å². The van der Waals surface area contributed by atoms with Crippen LogP contribution in [0, 0.1) is 25.2 Å². The van der Waals surface area contributed by atoms with Crippen molar-refractivity contribution < 1.29 is 0 Å². The SMILES string of the molecule is Cc1[nH]c2ccc(Cc3c(Cl)cc(-n4nc(C#N)c(=O)[nH]c4=O)cc3Cl)cc2c1C. The molecule has 0 aliphatic carbocycles. The minimum Gasteiger partial charge on any atom is -0.358 e. The molecule has 0 spiro atoms. The van der Waals surface area contributed by atoms with Gasteiger partial charge in [0.15, 0.2) is 0 Å². The second-order valence-electron chi connectivity index (χ2n) is 6.95. The molecule has 9 heteroatoms. The molecule has 2 N–H and O–H groups in total. The minimum atomic E-state index is -0.849. The average molecular weight is 440 g/mol. The van der Waals surface area contributed by atoms with Gasteiger partial charge in [0.2, 0.25) is 5.69 Å². The van der Waals surface area contributed by atoms with Crippen molar-refractivity contribution in [3.05, 3.63) is 89.3 Å². The third kappa shape index (κ3) is 3.41. The quantitative estimate of drug-likeness (QED) is 0.506. The Morgan fingerprint density at radius 3 is 2.47 bits per heavy atom. The standard InChI is InChI=1S/C21H15Cl2N5O2/c1-10-11(2)25-18-4-3-12(5-14(10)18)6-15-16(22)7-13(8-17(15)23)28-21(30)26-20(29)19(9-24)27-28/h3-5,7-8,25H,6H2,1-2H3,(H,26,29,30). The molecular weight excluding hydrogens is 425 g/mol. The fraction of sp³-hybridized carbons (Fsp3) is 0.143. The predicted octanol–water partition coefficient (Wildman–Crippen LogP) is 3.79. The highest BCUT2D eigenvalue weighted by Crippen LogP contribution is 2.31. The van der Waals surface area contributed by atoms with E-state index in [1.807, 2.05) is 19.1 Å². The Labute approximate surface area is 180 Å². The summed E-state index contributed by atoms with van der Waals surface area (Å²) in [5, 5.41) is 14.6. The Hall–Kier alpha value is -3.34. The molecule has 2 aromatic heterocycles. The smallest absolute Gasteiger partial charge is 0.349 e. The molecular formula is C21H15Cl2N5O2. The largest absolute Gasteiger partial charge is 0.358 e. The van der Waals surface area contributed by atoms with Gasteiger partial charge in [0.25, 0.3) is 5.56 Å². The second-order valence-corrected chi connectivity index (χ2v) is 7.77. The maximum atomic E-state index is 12.1. The first kappa shape index (κ1) is 20.0. The highest BCUT2D eigenvalue weighted by Gasteiger charge is 2.14. The van der Waals surface area contributed by atoms with E-state index in [0.717, 1.165) is 26.8 Å². The zero-order chi connectivity index (χ0) is 21.6. The fourth-order valence-corrected chi connectivity index (χ4v) is 3.96. The highest BCUT2D eigenvalue weighted by atomic mass is 35.5. The molecule has 0 atom stereocenters. The number of hydrogen-bond acceptors (Lipinski definition) is 4. The first-order chi connectivity index (χ1) is 14.3. The van der Waals surface area contributed by atoms with E-state index in [9.17, 15) is 9.59 Å². The third-order valence-corrected chi connectivity index (χ3v) is 5.73. The summed E-state index contributed by atoms with van der Waals surface area (Å²) in [6.07, 6.45) is 0.495. The number of nitrogens with one attached hydrogen (secondary N) is 2. The monoisotopic (exact) mass is 439 g/mol. The van der Waals surface area contributed by atoms with Crippen molar-refractivity contribution >= 4 is 34.1 Å². The van der Waals surface area contributed by atoms with E-state index >= 15 is 0 Å². The van der Waals surface area contributed by atoms with Gasteiger partial charge in [-0.2, -0.15) is 9.94 Å².